The third-order valence-electron chi connectivity index (χ3n) is 2.50. The van der Waals surface area contributed by atoms with Crippen LogP contribution in [0.4, 0.5) is 0 Å². The summed E-state index contributed by atoms with van der Waals surface area (Å²) < 4.78 is 1.87. The lowest BCUT2D eigenvalue weighted by Crippen LogP contribution is -2.02. The number of halogens is 4. The van der Waals surface area contributed by atoms with Crippen LogP contribution in [0.3, 0.4) is 0 Å². The molecule has 2 aromatic rings. The van der Waals surface area contributed by atoms with Gasteiger partial charge in [0.2, 0.25) is 0 Å². The van der Waals surface area contributed by atoms with E-state index in [0.717, 1.165) is 18.7 Å². The molecule has 1 heterocycles. The molecule has 0 aliphatic carbocycles. The van der Waals surface area contributed by atoms with Gasteiger partial charge in [0.05, 0.1) is 13.7 Å². The number of rotatable bonds is 3. The van der Waals surface area contributed by atoms with Crippen LogP contribution >= 0.6 is 66.4 Å². The molecule has 0 aliphatic rings. The smallest absolute Gasteiger partial charge is 0.0850 e. The van der Waals surface area contributed by atoms with Crippen molar-refractivity contribution in [1.29, 1.82) is 0 Å². The van der Waals surface area contributed by atoms with E-state index >= 15 is 0 Å². The van der Waals surface area contributed by atoms with Gasteiger partial charge < -0.3 is 5.11 Å². The summed E-state index contributed by atoms with van der Waals surface area (Å²) in [4.78, 5) is 0. The first kappa shape index (κ1) is 14.8. The minimum Gasteiger partial charge on any atom is -0.388 e. The van der Waals surface area contributed by atoms with Crippen molar-refractivity contribution in [3.05, 3.63) is 53.0 Å². The monoisotopic (exact) mass is 428 g/mol. The second-order valence-corrected chi connectivity index (χ2v) is 8.26. The van der Waals surface area contributed by atoms with Crippen LogP contribution in [0.1, 0.15) is 17.2 Å². The molecular formula is C12H8Br2Cl2OS. The number of aliphatic hydroxyl groups excluding tert-OH is 1. The van der Waals surface area contributed by atoms with Gasteiger partial charge in [-0.3, -0.25) is 0 Å². The predicted octanol–water partition coefficient (Wildman–Crippen LogP) is 5.86. The second kappa shape index (κ2) is 6.25. The normalized spacial score (nSPS) is 12.7. The van der Waals surface area contributed by atoms with E-state index in [0.29, 0.717) is 16.5 Å². The van der Waals surface area contributed by atoms with Gasteiger partial charge in [-0.05, 0) is 55.6 Å². The lowest BCUT2D eigenvalue weighted by Gasteiger charge is -2.12. The molecule has 1 N–H and O–H groups in total. The fraction of sp³-hybridized carbons (Fsp3) is 0.167. The lowest BCUT2D eigenvalue weighted by molar-refractivity contribution is 0.178. The Labute approximate surface area is 136 Å². The highest BCUT2D eigenvalue weighted by Gasteiger charge is 2.17. The Kier molecular flexibility index (Phi) is 5.14. The summed E-state index contributed by atoms with van der Waals surface area (Å²) in [7, 11) is 0. The SMILES string of the molecule is OC(Cc1c(Cl)cccc1Cl)c1cc(Br)sc1Br. The molecule has 0 fully saturated rings. The van der Waals surface area contributed by atoms with Crippen molar-refractivity contribution in [2.75, 3.05) is 0 Å². The average molecular weight is 431 g/mol. The fourth-order valence-corrected chi connectivity index (χ4v) is 5.12. The first-order chi connectivity index (χ1) is 8.49. The molecule has 18 heavy (non-hydrogen) atoms. The highest BCUT2D eigenvalue weighted by atomic mass is 79.9. The molecule has 1 unspecified atom stereocenters. The van der Waals surface area contributed by atoms with Crippen molar-refractivity contribution >= 4 is 66.4 Å². The predicted molar refractivity (Wildman–Crippen MR) is 84.8 cm³/mol. The molecule has 0 spiro atoms. The third kappa shape index (κ3) is 3.30. The first-order valence-electron chi connectivity index (χ1n) is 5.04. The maximum absolute atomic E-state index is 10.3. The molecule has 2 rings (SSSR count). The molecular weight excluding hydrogens is 423 g/mol. The minimum absolute atomic E-state index is 0.389. The molecule has 96 valence electrons. The topological polar surface area (TPSA) is 20.2 Å². The van der Waals surface area contributed by atoms with Crippen molar-refractivity contribution in [2.24, 2.45) is 0 Å². The summed E-state index contributed by atoms with van der Waals surface area (Å²) in [6.07, 6.45) is -0.250. The molecule has 0 saturated carbocycles. The molecule has 0 radical (unpaired) electrons. The summed E-state index contributed by atoms with van der Waals surface area (Å²) in [5.74, 6) is 0. The Morgan fingerprint density at radius 2 is 1.83 bits per heavy atom. The van der Waals surface area contributed by atoms with Crippen LogP contribution in [0.5, 0.6) is 0 Å². The van der Waals surface area contributed by atoms with Crippen LogP contribution in [-0.4, -0.2) is 5.11 Å². The van der Waals surface area contributed by atoms with Crippen LogP contribution < -0.4 is 0 Å². The largest absolute Gasteiger partial charge is 0.388 e. The summed E-state index contributed by atoms with van der Waals surface area (Å²) in [5, 5.41) is 11.4. The maximum Gasteiger partial charge on any atom is 0.0850 e. The zero-order valence-corrected chi connectivity index (χ0v) is 14.5. The quantitative estimate of drug-likeness (QED) is 0.647. The van der Waals surface area contributed by atoms with E-state index in [2.05, 4.69) is 31.9 Å². The van der Waals surface area contributed by atoms with E-state index in [-0.39, 0.29) is 0 Å². The Balaban J connectivity index is 2.26. The summed E-state index contributed by atoms with van der Waals surface area (Å²) in [6, 6.07) is 7.23. The van der Waals surface area contributed by atoms with Crippen molar-refractivity contribution in [3.63, 3.8) is 0 Å². The van der Waals surface area contributed by atoms with E-state index in [4.69, 9.17) is 23.2 Å². The van der Waals surface area contributed by atoms with Crippen molar-refractivity contribution in [3.8, 4) is 0 Å². The van der Waals surface area contributed by atoms with Gasteiger partial charge in [0.15, 0.2) is 0 Å². The Hall–Kier alpha value is 0.420. The van der Waals surface area contributed by atoms with Crippen LogP contribution in [0.25, 0.3) is 0 Å². The number of benzene rings is 1. The van der Waals surface area contributed by atoms with Crippen molar-refractivity contribution < 1.29 is 5.11 Å². The van der Waals surface area contributed by atoms with Gasteiger partial charge in [-0.2, -0.15) is 0 Å². The summed E-state index contributed by atoms with van der Waals surface area (Å²) >= 11 is 20.5. The number of aliphatic hydroxyl groups is 1. The van der Waals surface area contributed by atoms with E-state index < -0.39 is 6.10 Å². The molecule has 1 atom stereocenters. The van der Waals surface area contributed by atoms with Gasteiger partial charge in [-0.25, -0.2) is 0 Å². The minimum atomic E-state index is -0.640. The van der Waals surface area contributed by atoms with Gasteiger partial charge in [0.1, 0.15) is 0 Å². The standard InChI is InChI=1S/C12H8Br2Cl2OS/c13-11-5-7(12(14)18-11)10(17)4-6-8(15)2-1-3-9(6)16/h1-3,5,10,17H,4H2. The van der Waals surface area contributed by atoms with Gasteiger partial charge in [0.25, 0.3) is 0 Å². The van der Waals surface area contributed by atoms with E-state index in [1.165, 1.54) is 11.3 Å². The number of hydrogen-bond acceptors (Lipinski definition) is 2. The second-order valence-electron chi connectivity index (χ2n) is 3.70. The average Bonchev–Trinajstić information content (AvgIpc) is 2.63. The van der Waals surface area contributed by atoms with E-state index in [1.54, 1.807) is 18.2 Å². The van der Waals surface area contributed by atoms with Crippen molar-refractivity contribution in [1.82, 2.24) is 0 Å². The zero-order valence-electron chi connectivity index (χ0n) is 8.96. The van der Waals surface area contributed by atoms with Crippen molar-refractivity contribution in [2.45, 2.75) is 12.5 Å². The molecule has 0 bridgehead atoms. The van der Waals surface area contributed by atoms with Crippen LogP contribution in [0, 0.1) is 0 Å². The fourth-order valence-electron chi connectivity index (χ4n) is 1.61. The van der Waals surface area contributed by atoms with E-state index in [1.807, 2.05) is 6.07 Å². The molecule has 6 heteroatoms. The Morgan fingerprint density at radius 1 is 1.22 bits per heavy atom. The first-order valence-corrected chi connectivity index (χ1v) is 8.20. The summed E-state index contributed by atoms with van der Waals surface area (Å²) in [6.45, 7) is 0. The zero-order chi connectivity index (χ0) is 13.3. The van der Waals surface area contributed by atoms with Gasteiger partial charge in [0, 0.05) is 22.0 Å². The Bertz CT molecular complexity index is 551. The Morgan fingerprint density at radius 3 is 2.33 bits per heavy atom. The maximum atomic E-state index is 10.3. The van der Waals surface area contributed by atoms with Crippen LogP contribution in [-0.2, 0) is 6.42 Å². The highest BCUT2D eigenvalue weighted by molar-refractivity contribution is 9.12. The van der Waals surface area contributed by atoms with Gasteiger partial charge in [-0.15, -0.1) is 11.3 Å². The van der Waals surface area contributed by atoms with Gasteiger partial charge >= 0.3 is 0 Å². The third-order valence-corrected chi connectivity index (χ3v) is 5.60. The molecule has 0 amide bonds. The number of thiophene rings is 1. The van der Waals surface area contributed by atoms with Crippen LogP contribution in [0.2, 0.25) is 10.0 Å². The lowest BCUT2D eigenvalue weighted by atomic mass is 10.0. The molecule has 1 nitrogen and oxygen atoms in total. The summed E-state index contributed by atoms with van der Waals surface area (Å²) in [5.41, 5.74) is 1.60. The highest BCUT2D eigenvalue weighted by Crippen LogP contribution is 2.38. The van der Waals surface area contributed by atoms with Gasteiger partial charge in [-0.1, -0.05) is 29.3 Å². The molecule has 0 saturated heterocycles. The molecule has 0 aliphatic heterocycles. The van der Waals surface area contributed by atoms with Crippen LogP contribution in [0.15, 0.2) is 31.8 Å². The number of hydrogen-bond donors (Lipinski definition) is 1. The molecule has 1 aromatic heterocycles. The molecule has 1 aromatic carbocycles. The van der Waals surface area contributed by atoms with E-state index in [9.17, 15) is 5.11 Å².